The number of carbonyl (C=O) groups excluding carboxylic acids is 1. The minimum atomic E-state index is -0.0489. The molecule has 0 bridgehead atoms. The predicted molar refractivity (Wildman–Crippen MR) is 54.1 cm³/mol. The number of hydrogen-bond donors (Lipinski definition) is 0. The lowest BCUT2D eigenvalue weighted by Gasteiger charge is -1.94. The molecule has 0 amide bonds. The Kier molecular flexibility index (Phi) is 2.19. The number of carbonyl (C=O) groups is 1. The maximum Gasteiger partial charge on any atom is 0.194 e. The second-order valence-corrected chi connectivity index (χ2v) is 3.09. The lowest BCUT2D eigenvalue weighted by Crippen LogP contribution is -1.85. The van der Waals surface area contributed by atoms with E-state index >= 15 is 0 Å². The van der Waals surface area contributed by atoms with E-state index in [0.717, 1.165) is 11.3 Å². The SMILES string of the molecule is CC(=O)c1ccc(-c2ccccc2)o1. The summed E-state index contributed by atoms with van der Waals surface area (Å²) in [5.74, 6) is 1.09. The second kappa shape index (κ2) is 3.50. The highest BCUT2D eigenvalue weighted by atomic mass is 16.3. The highest BCUT2D eigenvalue weighted by Gasteiger charge is 2.06. The van der Waals surface area contributed by atoms with Gasteiger partial charge in [-0.05, 0) is 12.1 Å². The van der Waals surface area contributed by atoms with E-state index in [1.807, 2.05) is 36.4 Å². The summed E-state index contributed by atoms with van der Waals surface area (Å²) in [6.07, 6.45) is 0. The van der Waals surface area contributed by atoms with Crippen LogP contribution in [0.15, 0.2) is 46.9 Å². The Bertz CT molecular complexity index is 440. The predicted octanol–water partition coefficient (Wildman–Crippen LogP) is 3.15. The van der Waals surface area contributed by atoms with Crippen molar-refractivity contribution in [1.82, 2.24) is 0 Å². The van der Waals surface area contributed by atoms with Crippen LogP contribution in [-0.2, 0) is 0 Å². The minimum absolute atomic E-state index is 0.0489. The smallest absolute Gasteiger partial charge is 0.194 e. The molecule has 0 spiro atoms. The molecule has 0 aliphatic rings. The summed E-state index contributed by atoms with van der Waals surface area (Å²) in [5, 5.41) is 0. The van der Waals surface area contributed by atoms with Crippen molar-refractivity contribution in [3.63, 3.8) is 0 Å². The van der Waals surface area contributed by atoms with Crippen LogP contribution < -0.4 is 0 Å². The highest BCUT2D eigenvalue weighted by Crippen LogP contribution is 2.21. The monoisotopic (exact) mass is 186 g/mol. The van der Waals surface area contributed by atoms with Crippen molar-refractivity contribution in [2.45, 2.75) is 6.92 Å². The molecule has 1 aromatic heterocycles. The third kappa shape index (κ3) is 1.59. The summed E-state index contributed by atoms with van der Waals surface area (Å²) in [6.45, 7) is 1.49. The van der Waals surface area contributed by atoms with Crippen molar-refractivity contribution in [2.24, 2.45) is 0 Å². The van der Waals surface area contributed by atoms with Gasteiger partial charge in [-0.15, -0.1) is 0 Å². The Morgan fingerprint density at radius 2 is 1.79 bits per heavy atom. The molecule has 0 N–H and O–H groups in total. The lowest BCUT2D eigenvalue weighted by atomic mass is 10.2. The van der Waals surface area contributed by atoms with Crippen LogP contribution in [0.2, 0.25) is 0 Å². The van der Waals surface area contributed by atoms with Gasteiger partial charge in [0.05, 0.1) is 0 Å². The van der Waals surface area contributed by atoms with Crippen LogP contribution in [0, 0.1) is 0 Å². The Labute approximate surface area is 82.2 Å². The van der Waals surface area contributed by atoms with E-state index < -0.39 is 0 Å². The summed E-state index contributed by atoms with van der Waals surface area (Å²) in [4.78, 5) is 11.0. The minimum Gasteiger partial charge on any atom is -0.453 e. The molecule has 0 aliphatic heterocycles. The van der Waals surface area contributed by atoms with Crippen LogP contribution in [0.1, 0.15) is 17.5 Å². The van der Waals surface area contributed by atoms with E-state index in [2.05, 4.69) is 0 Å². The van der Waals surface area contributed by atoms with Crippen LogP contribution in [-0.4, -0.2) is 5.78 Å². The molecule has 0 unspecified atom stereocenters. The summed E-state index contributed by atoms with van der Waals surface area (Å²) in [5.41, 5.74) is 0.986. The highest BCUT2D eigenvalue weighted by molar-refractivity contribution is 5.91. The molecule has 70 valence electrons. The Morgan fingerprint density at radius 3 is 2.36 bits per heavy atom. The van der Waals surface area contributed by atoms with Gasteiger partial charge in [0.1, 0.15) is 5.76 Å². The first-order valence-corrected chi connectivity index (χ1v) is 4.43. The molecule has 1 aromatic carbocycles. The largest absolute Gasteiger partial charge is 0.453 e. The lowest BCUT2D eigenvalue weighted by molar-refractivity contribution is 0.0988. The number of furan rings is 1. The van der Waals surface area contributed by atoms with Gasteiger partial charge in [-0.3, -0.25) is 4.79 Å². The zero-order valence-electron chi connectivity index (χ0n) is 7.86. The average molecular weight is 186 g/mol. The Hall–Kier alpha value is -1.83. The van der Waals surface area contributed by atoms with Gasteiger partial charge in [0.25, 0.3) is 0 Å². The zero-order valence-corrected chi connectivity index (χ0v) is 7.86. The fourth-order valence-corrected chi connectivity index (χ4v) is 1.28. The molecule has 2 rings (SSSR count). The fraction of sp³-hybridized carbons (Fsp3) is 0.0833. The van der Waals surface area contributed by atoms with E-state index in [4.69, 9.17) is 4.42 Å². The van der Waals surface area contributed by atoms with Gasteiger partial charge in [-0.2, -0.15) is 0 Å². The quantitative estimate of drug-likeness (QED) is 0.674. The molecule has 2 aromatic rings. The molecule has 0 saturated carbocycles. The molecule has 0 atom stereocenters. The summed E-state index contributed by atoms with van der Waals surface area (Å²) in [7, 11) is 0. The van der Waals surface area contributed by atoms with Gasteiger partial charge in [0.15, 0.2) is 11.5 Å². The number of ketones is 1. The first-order chi connectivity index (χ1) is 6.77. The second-order valence-electron chi connectivity index (χ2n) is 3.09. The van der Waals surface area contributed by atoms with E-state index in [9.17, 15) is 4.79 Å². The van der Waals surface area contributed by atoms with Crippen molar-refractivity contribution in [3.8, 4) is 11.3 Å². The molecule has 2 nitrogen and oxygen atoms in total. The van der Waals surface area contributed by atoms with Crippen LogP contribution in [0.4, 0.5) is 0 Å². The number of rotatable bonds is 2. The van der Waals surface area contributed by atoms with Gasteiger partial charge < -0.3 is 4.42 Å². The van der Waals surface area contributed by atoms with Crippen molar-refractivity contribution in [1.29, 1.82) is 0 Å². The molecular weight excluding hydrogens is 176 g/mol. The number of benzene rings is 1. The van der Waals surface area contributed by atoms with Gasteiger partial charge in [-0.1, -0.05) is 30.3 Å². The summed E-state index contributed by atoms with van der Waals surface area (Å²) in [6, 6.07) is 13.2. The molecule has 0 saturated heterocycles. The van der Waals surface area contributed by atoms with Crippen LogP contribution in [0.3, 0.4) is 0 Å². The maximum atomic E-state index is 11.0. The molecule has 14 heavy (non-hydrogen) atoms. The van der Waals surface area contributed by atoms with E-state index in [-0.39, 0.29) is 5.78 Å². The first-order valence-electron chi connectivity index (χ1n) is 4.43. The Balaban J connectivity index is 2.39. The van der Waals surface area contributed by atoms with E-state index in [1.54, 1.807) is 6.07 Å². The normalized spacial score (nSPS) is 10.1. The van der Waals surface area contributed by atoms with Crippen LogP contribution in [0.5, 0.6) is 0 Å². The van der Waals surface area contributed by atoms with Crippen molar-refractivity contribution in [2.75, 3.05) is 0 Å². The standard InChI is InChI=1S/C12H10O2/c1-9(13)11-7-8-12(14-11)10-5-3-2-4-6-10/h2-8H,1H3. The van der Waals surface area contributed by atoms with Crippen molar-refractivity contribution < 1.29 is 9.21 Å². The third-order valence-corrected chi connectivity index (χ3v) is 2.01. The summed E-state index contributed by atoms with van der Waals surface area (Å²) >= 11 is 0. The van der Waals surface area contributed by atoms with Crippen molar-refractivity contribution >= 4 is 5.78 Å². The first kappa shape index (κ1) is 8.75. The molecule has 0 fully saturated rings. The summed E-state index contributed by atoms with van der Waals surface area (Å²) < 4.78 is 5.38. The fourth-order valence-electron chi connectivity index (χ4n) is 1.28. The van der Waals surface area contributed by atoms with E-state index in [0.29, 0.717) is 5.76 Å². The molecule has 0 aliphatic carbocycles. The molecule has 1 heterocycles. The average Bonchev–Trinajstić information content (AvgIpc) is 2.68. The molecular formula is C12H10O2. The number of hydrogen-bond acceptors (Lipinski definition) is 2. The maximum absolute atomic E-state index is 11.0. The molecule has 2 heteroatoms. The van der Waals surface area contributed by atoms with E-state index in [1.165, 1.54) is 6.92 Å². The zero-order chi connectivity index (χ0) is 9.97. The number of Topliss-reactive ketones (excluding diaryl/α,β-unsaturated/α-hetero) is 1. The third-order valence-electron chi connectivity index (χ3n) is 2.01. The Morgan fingerprint density at radius 1 is 1.07 bits per heavy atom. The van der Waals surface area contributed by atoms with Gasteiger partial charge in [0, 0.05) is 12.5 Å². The van der Waals surface area contributed by atoms with Gasteiger partial charge in [-0.25, -0.2) is 0 Å². The van der Waals surface area contributed by atoms with Crippen LogP contribution >= 0.6 is 0 Å². The van der Waals surface area contributed by atoms with Crippen LogP contribution in [0.25, 0.3) is 11.3 Å². The van der Waals surface area contributed by atoms with Gasteiger partial charge in [0.2, 0.25) is 0 Å². The topological polar surface area (TPSA) is 30.2 Å². The van der Waals surface area contributed by atoms with Crippen molar-refractivity contribution in [3.05, 3.63) is 48.2 Å². The molecule has 0 radical (unpaired) electrons. The van der Waals surface area contributed by atoms with Gasteiger partial charge >= 0.3 is 0 Å².